The van der Waals surface area contributed by atoms with E-state index >= 15 is 0 Å². The summed E-state index contributed by atoms with van der Waals surface area (Å²) in [7, 11) is 1.56. The van der Waals surface area contributed by atoms with Gasteiger partial charge in [-0.25, -0.2) is 4.98 Å². The first-order valence-corrected chi connectivity index (χ1v) is 6.02. The number of rotatable bonds is 6. The van der Waals surface area contributed by atoms with Crippen molar-refractivity contribution in [2.45, 2.75) is 6.92 Å². The van der Waals surface area contributed by atoms with Gasteiger partial charge in [0.2, 0.25) is 17.8 Å². The fraction of sp³-hybridized carbons (Fsp3) is 0.400. The summed E-state index contributed by atoms with van der Waals surface area (Å²) in [5.41, 5.74) is 0. The molecule has 20 heavy (non-hydrogen) atoms. The van der Waals surface area contributed by atoms with Gasteiger partial charge in [-0.05, 0) is 6.92 Å². The number of carbonyl (C=O) groups excluding carboxylic acids is 1. The topological polar surface area (TPSA) is 123 Å². The molecule has 10 nitrogen and oxygen atoms in total. The van der Waals surface area contributed by atoms with Gasteiger partial charge < -0.3 is 16.0 Å². The molecule has 3 N–H and O–H groups in total. The van der Waals surface area contributed by atoms with Crippen molar-refractivity contribution in [3.05, 3.63) is 12.7 Å². The molecule has 106 valence electrons. The molecule has 10 heteroatoms. The molecule has 0 unspecified atom stereocenters. The molecule has 2 rings (SSSR count). The molecule has 0 bridgehead atoms. The SMILES string of the molecule is CCNc1nc(NCC(=O)NC)nc(-n2cncn2)n1. The van der Waals surface area contributed by atoms with Crippen LogP contribution in [0.5, 0.6) is 0 Å². The average Bonchev–Trinajstić information content (AvgIpc) is 2.99. The number of nitrogens with zero attached hydrogens (tertiary/aromatic N) is 6. The van der Waals surface area contributed by atoms with Crippen LogP contribution in [0.1, 0.15) is 6.92 Å². The Labute approximate surface area is 115 Å². The van der Waals surface area contributed by atoms with E-state index in [1.54, 1.807) is 7.05 Å². The van der Waals surface area contributed by atoms with Gasteiger partial charge in [0.15, 0.2) is 0 Å². The molecule has 2 aromatic heterocycles. The maximum Gasteiger partial charge on any atom is 0.258 e. The second-order valence-corrected chi connectivity index (χ2v) is 3.68. The number of hydrogen-bond acceptors (Lipinski definition) is 8. The highest BCUT2D eigenvalue weighted by Crippen LogP contribution is 2.07. The van der Waals surface area contributed by atoms with Gasteiger partial charge in [-0.2, -0.15) is 24.7 Å². The van der Waals surface area contributed by atoms with Crippen molar-refractivity contribution in [1.29, 1.82) is 0 Å². The molecule has 0 fully saturated rings. The molecular weight excluding hydrogens is 262 g/mol. The van der Waals surface area contributed by atoms with E-state index in [0.717, 1.165) is 0 Å². The first-order chi connectivity index (χ1) is 9.72. The van der Waals surface area contributed by atoms with Gasteiger partial charge in [0.05, 0.1) is 6.54 Å². The molecule has 0 spiro atoms. The fourth-order valence-corrected chi connectivity index (χ4v) is 1.34. The van der Waals surface area contributed by atoms with E-state index in [1.165, 1.54) is 17.3 Å². The molecule has 0 aliphatic heterocycles. The summed E-state index contributed by atoms with van der Waals surface area (Å²) in [5, 5.41) is 12.3. The van der Waals surface area contributed by atoms with Crippen LogP contribution in [-0.4, -0.2) is 55.8 Å². The predicted octanol–water partition coefficient (Wildman–Crippen LogP) is -0.958. The van der Waals surface area contributed by atoms with Crippen LogP contribution in [0, 0.1) is 0 Å². The lowest BCUT2D eigenvalue weighted by atomic mass is 10.6. The number of hydrogen-bond donors (Lipinski definition) is 3. The first-order valence-electron chi connectivity index (χ1n) is 6.02. The molecule has 0 radical (unpaired) electrons. The summed E-state index contributed by atoms with van der Waals surface area (Å²) in [6.07, 6.45) is 2.86. The molecule has 0 aliphatic rings. The van der Waals surface area contributed by atoms with Crippen molar-refractivity contribution in [2.24, 2.45) is 0 Å². The van der Waals surface area contributed by atoms with Gasteiger partial charge in [0.1, 0.15) is 12.7 Å². The number of amides is 1. The summed E-state index contributed by atoms with van der Waals surface area (Å²) in [6, 6.07) is 0. The Morgan fingerprint density at radius 3 is 2.60 bits per heavy atom. The van der Waals surface area contributed by atoms with Gasteiger partial charge in [-0.1, -0.05) is 0 Å². The number of likely N-dealkylation sites (N-methyl/N-ethyl adjacent to an activating group) is 1. The first kappa shape index (κ1) is 13.6. The average molecular weight is 277 g/mol. The smallest absolute Gasteiger partial charge is 0.258 e. The lowest BCUT2D eigenvalue weighted by Gasteiger charge is -2.08. The third-order valence-corrected chi connectivity index (χ3v) is 2.27. The molecule has 0 aliphatic carbocycles. The van der Waals surface area contributed by atoms with Crippen molar-refractivity contribution in [3.8, 4) is 5.95 Å². The Bertz CT molecular complexity index is 568. The van der Waals surface area contributed by atoms with Crippen LogP contribution in [0.25, 0.3) is 5.95 Å². The monoisotopic (exact) mass is 277 g/mol. The van der Waals surface area contributed by atoms with E-state index in [0.29, 0.717) is 18.4 Å². The quantitative estimate of drug-likeness (QED) is 0.617. The highest BCUT2D eigenvalue weighted by atomic mass is 16.1. The number of aromatic nitrogens is 6. The highest BCUT2D eigenvalue weighted by Gasteiger charge is 2.09. The maximum absolute atomic E-state index is 11.2. The number of anilines is 2. The molecule has 0 saturated carbocycles. The van der Waals surface area contributed by atoms with Crippen molar-refractivity contribution in [3.63, 3.8) is 0 Å². The summed E-state index contributed by atoms with van der Waals surface area (Å²) in [5.74, 6) is 0.822. The largest absolute Gasteiger partial charge is 0.358 e. The summed E-state index contributed by atoms with van der Waals surface area (Å²) < 4.78 is 1.41. The molecule has 1 amide bonds. The van der Waals surface area contributed by atoms with Gasteiger partial charge in [-0.15, -0.1) is 0 Å². The van der Waals surface area contributed by atoms with E-state index in [-0.39, 0.29) is 18.4 Å². The zero-order valence-corrected chi connectivity index (χ0v) is 11.2. The minimum absolute atomic E-state index is 0.0723. The predicted molar refractivity (Wildman–Crippen MR) is 71.5 cm³/mol. The van der Waals surface area contributed by atoms with Crippen LogP contribution in [0.3, 0.4) is 0 Å². The minimum atomic E-state index is -0.169. The van der Waals surface area contributed by atoms with E-state index in [4.69, 9.17) is 0 Å². The maximum atomic E-state index is 11.2. The van der Waals surface area contributed by atoms with E-state index in [2.05, 4.69) is 41.0 Å². The second kappa shape index (κ2) is 6.41. The van der Waals surface area contributed by atoms with Crippen molar-refractivity contribution in [2.75, 3.05) is 30.8 Å². The number of carbonyl (C=O) groups is 1. The van der Waals surface area contributed by atoms with E-state index < -0.39 is 0 Å². The van der Waals surface area contributed by atoms with Crippen LogP contribution in [-0.2, 0) is 4.79 Å². The second-order valence-electron chi connectivity index (χ2n) is 3.68. The third-order valence-electron chi connectivity index (χ3n) is 2.27. The van der Waals surface area contributed by atoms with Gasteiger partial charge in [0, 0.05) is 13.6 Å². The molecule has 2 heterocycles. The van der Waals surface area contributed by atoms with Crippen LogP contribution in [0.4, 0.5) is 11.9 Å². The Balaban J connectivity index is 2.24. The standard InChI is InChI=1S/C10H15N9O/c1-3-13-8-16-9(14-4-7(20)11-2)18-10(17-8)19-6-12-5-15-19/h5-6H,3-4H2,1-2H3,(H,11,20)(H2,13,14,16,17,18). The lowest BCUT2D eigenvalue weighted by Crippen LogP contribution is -2.27. The lowest BCUT2D eigenvalue weighted by molar-refractivity contribution is -0.118. The molecule has 0 atom stereocenters. The van der Waals surface area contributed by atoms with Gasteiger partial charge in [-0.3, -0.25) is 4.79 Å². The van der Waals surface area contributed by atoms with E-state index in [1.807, 2.05) is 6.92 Å². The molecule has 0 aromatic carbocycles. The fourth-order valence-electron chi connectivity index (χ4n) is 1.34. The van der Waals surface area contributed by atoms with Crippen LogP contribution in [0.2, 0.25) is 0 Å². The van der Waals surface area contributed by atoms with Gasteiger partial charge >= 0.3 is 0 Å². The summed E-state index contributed by atoms with van der Waals surface area (Å²) >= 11 is 0. The molecular formula is C10H15N9O. The third kappa shape index (κ3) is 3.37. The van der Waals surface area contributed by atoms with Crippen LogP contribution >= 0.6 is 0 Å². The Morgan fingerprint density at radius 2 is 2.00 bits per heavy atom. The zero-order chi connectivity index (χ0) is 14.4. The Hall–Kier alpha value is -2.78. The molecule has 2 aromatic rings. The Morgan fingerprint density at radius 1 is 1.25 bits per heavy atom. The summed E-state index contributed by atoms with van der Waals surface area (Å²) in [6.45, 7) is 2.66. The van der Waals surface area contributed by atoms with Crippen LogP contribution in [0.15, 0.2) is 12.7 Å². The van der Waals surface area contributed by atoms with Crippen molar-refractivity contribution in [1.82, 2.24) is 35.0 Å². The minimum Gasteiger partial charge on any atom is -0.358 e. The molecule has 0 saturated heterocycles. The normalized spacial score (nSPS) is 10.1. The van der Waals surface area contributed by atoms with Crippen molar-refractivity contribution >= 4 is 17.8 Å². The Kier molecular flexibility index (Phi) is 4.37. The number of nitrogens with one attached hydrogen (secondary N) is 3. The van der Waals surface area contributed by atoms with Crippen LogP contribution < -0.4 is 16.0 Å². The summed E-state index contributed by atoms with van der Waals surface area (Å²) in [4.78, 5) is 27.6. The zero-order valence-electron chi connectivity index (χ0n) is 11.2. The highest BCUT2D eigenvalue weighted by molar-refractivity contribution is 5.79. The van der Waals surface area contributed by atoms with E-state index in [9.17, 15) is 4.79 Å². The van der Waals surface area contributed by atoms with Crippen molar-refractivity contribution < 1.29 is 4.79 Å². The van der Waals surface area contributed by atoms with Gasteiger partial charge in [0.25, 0.3) is 5.95 Å².